The molecule has 1 amide bonds. The van der Waals surface area contributed by atoms with E-state index in [9.17, 15) is 9.36 Å². The second-order valence-electron chi connectivity index (χ2n) is 3.27. The molecule has 1 saturated heterocycles. The lowest BCUT2D eigenvalue weighted by atomic mass is 10.4. The molecule has 8 heteroatoms. The summed E-state index contributed by atoms with van der Waals surface area (Å²) in [6.45, 7) is 1.57. The molecular formula is C8H15Cl2N2O3P. The normalized spacial score (nSPS) is 26.6. The maximum Gasteiger partial charge on any atom is 0.358 e. The minimum absolute atomic E-state index is 0.279. The average Bonchev–Trinajstić information content (AvgIpc) is 2.29. The number of halogens is 2. The molecule has 0 aromatic rings. The van der Waals surface area contributed by atoms with Gasteiger partial charge >= 0.3 is 13.2 Å². The first-order valence-electron chi connectivity index (χ1n) is 5.05. The molecule has 94 valence electrons. The van der Waals surface area contributed by atoms with Gasteiger partial charge in [0.25, 0.3) is 0 Å². The molecule has 16 heavy (non-hydrogen) atoms. The van der Waals surface area contributed by atoms with Crippen LogP contribution in [0.15, 0.2) is 0 Å². The number of carbonyl (C=O) groups is 1. The molecule has 0 radical (unpaired) electrons. The summed E-state index contributed by atoms with van der Waals surface area (Å²) in [6.07, 6.45) is 0.754. The van der Waals surface area contributed by atoms with Crippen molar-refractivity contribution < 1.29 is 13.9 Å². The van der Waals surface area contributed by atoms with E-state index in [0.29, 0.717) is 25.6 Å². The monoisotopic (exact) mass is 288 g/mol. The Labute approximate surface area is 105 Å². The summed E-state index contributed by atoms with van der Waals surface area (Å²) in [5.41, 5.74) is -0.585. The van der Waals surface area contributed by atoms with E-state index in [1.807, 2.05) is 0 Å². The molecule has 0 spiro atoms. The van der Waals surface area contributed by atoms with Gasteiger partial charge in [0.1, 0.15) is 0 Å². The van der Waals surface area contributed by atoms with Crippen molar-refractivity contribution in [1.29, 1.82) is 0 Å². The van der Waals surface area contributed by atoms with Crippen molar-refractivity contribution in [3.8, 4) is 0 Å². The summed E-state index contributed by atoms with van der Waals surface area (Å²) < 4.78 is 19.0. The third-order valence-corrected chi connectivity index (χ3v) is 4.88. The van der Waals surface area contributed by atoms with Crippen molar-refractivity contribution in [1.82, 2.24) is 9.99 Å². The molecule has 0 saturated carbocycles. The largest absolute Gasteiger partial charge is 0.358 e. The Kier molecular flexibility index (Phi) is 6.08. The Bertz CT molecular complexity index is 288. The van der Waals surface area contributed by atoms with Crippen molar-refractivity contribution in [3.05, 3.63) is 0 Å². The first kappa shape index (κ1) is 14.3. The summed E-state index contributed by atoms with van der Waals surface area (Å²) in [5, 5.41) is 2.49. The minimum atomic E-state index is -3.42. The minimum Gasteiger partial charge on any atom is -0.345 e. The number of alkyl halides is 2. The Morgan fingerprint density at radius 1 is 1.44 bits per heavy atom. The summed E-state index contributed by atoms with van der Waals surface area (Å²) in [5.74, 6) is 0.595. The number of amides is 1. The molecule has 0 aliphatic carbocycles. The van der Waals surface area contributed by atoms with Crippen molar-refractivity contribution >= 4 is 36.4 Å². The fraction of sp³-hybridized carbons (Fsp3) is 0.875. The van der Waals surface area contributed by atoms with Gasteiger partial charge in [0, 0.05) is 31.4 Å². The van der Waals surface area contributed by atoms with Crippen molar-refractivity contribution in [3.63, 3.8) is 0 Å². The van der Waals surface area contributed by atoms with Crippen LogP contribution in [0.5, 0.6) is 0 Å². The van der Waals surface area contributed by atoms with Gasteiger partial charge in [0.15, 0.2) is 0 Å². The number of rotatable bonds is 5. The van der Waals surface area contributed by atoms with Crippen LogP contribution in [-0.4, -0.2) is 48.3 Å². The average molecular weight is 289 g/mol. The van der Waals surface area contributed by atoms with Crippen LogP contribution in [0.1, 0.15) is 6.42 Å². The van der Waals surface area contributed by atoms with Crippen LogP contribution in [0.3, 0.4) is 0 Å². The Morgan fingerprint density at radius 3 is 2.81 bits per heavy atom. The van der Waals surface area contributed by atoms with Crippen LogP contribution in [0, 0.1) is 0 Å². The second-order valence-corrected chi connectivity index (χ2v) is 6.30. The number of hydrogen-bond donors (Lipinski definition) is 1. The first-order valence-corrected chi connectivity index (χ1v) is 7.70. The summed E-state index contributed by atoms with van der Waals surface area (Å²) in [7, 11) is -3.42. The molecule has 0 bridgehead atoms. The molecule has 1 rings (SSSR count). The van der Waals surface area contributed by atoms with Crippen LogP contribution < -0.4 is 5.32 Å². The van der Waals surface area contributed by atoms with Crippen LogP contribution in [0.2, 0.25) is 0 Å². The fourth-order valence-electron chi connectivity index (χ4n) is 1.43. The quantitative estimate of drug-likeness (QED) is 0.622. The van der Waals surface area contributed by atoms with E-state index in [4.69, 9.17) is 27.7 Å². The van der Waals surface area contributed by atoms with Crippen LogP contribution in [0.25, 0.3) is 0 Å². The fourth-order valence-corrected chi connectivity index (χ4v) is 3.84. The van der Waals surface area contributed by atoms with Gasteiger partial charge in [0.05, 0.1) is 6.61 Å². The Balaban J connectivity index is 2.69. The van der Waals surface area contributed by atoms with E-state index in [0.717, 1.165) is 6.42 Å². The molecule has 0 aromatic heterocycles. The molecule has 1 unspecified atom stereocenters. The predicted molar refractivity (Wildman–Crippen MR) is 64.6 cm³/mol. The van der Waals surface area contributed by atoms with Crippen LogP contribution in [-0.2, 0) is 9.09 Å². The standard InChI is InChI=1S/C8H15Cl2N2O3P/c9-2-4-11-8(13)16(14)12(6-3-10)5-1-7-15-16/h1-7H2,(H,11,13). The predicted octanol–water partition coefficient (Wildman–Crippen LogP) is 2.09. The van der Waals surface area contributed by atoms with Gasteiger partial charge < -0.3 is 9.84 Å². The smallest absolute Gasteiger partial charge is 0.345 e. The molecule has 1 atom stereocenters. The molecule has 1 N–H and O–H groups in total. The van der Waals surface area contributed by atoms with Gasteiger partial charge in [-0.3, -0.25) is 9.36 Å². The van der Waals surface area contributed by atoms with Gasteiger partial charge in [0.2, 0.25) is 0 Å². The zero-order valence-electron chi connectivity index (χ0n) is 8.82. The van der Waals surface area contributed by atoms with E-state index in [1.54, 1.807) is 0 Å². The number of nitrogens with one attached hydrogen (secondary N) is 1. The molecule has 1 heterocycles. The van der Waals surface area contributed by atoms with Crippen molar-refractivity contribution in [2.75, 3.05) is 38.0 Å². The third kappa shape index (κ3) is 3.34. The second kappa shape index (κ2) is 6.82. The zero-order chi connectivity index (χ0) is 12.0. The Hall–Kier alpha value is 0.200. The topological polar surface area (TPSA) is 58.6 Å². The lowest BCUT2D eigenvalue weighted by Crippen LogP contribution is -2.37. The first-order chi connectivity index (χ1) is 7.65. The van der Waals surface area contributed by atoms with Crippen LogP contribution >= 0.6 is 30.7 Å². The number of hydrogen-bond acceptors (Lipinski definition) is 3. The number of carbonyl (C=O) groups excluding carboxylic acids is 1. The highest BCUT2D eigenvalue weighted by molar-refractivity contribution is 7.74. The Morgan fingerprint density at radius 2 is 2.19 bits per heavy atom. The van der Waals surface area contributed by atoms with E-state index in [-0.39, 0.29) is 12.4 Å². The maximum atomic E-state index is 12.4. The van der Waals surface area contributed by atoms with Crippen LogP contribution in [0.4, 0.5) is 4.79 Å². The van der Waals surface area contributed by atoms with E-state index >= 15 is 0 Å². The SMILES string of the molecule is O=C(NCCCl)P1(=O)OCCCN1CCCl. The summed E-state index contributed by atoms with van der Waals surface area (Å²) in [4.78, 5) is 11.7. The molecular weight excluding hydrogens is 274 g/mol. The van der Waals surface area contributed by atoms with Crippen molar-refractivity contribution in [2.24, 2.45) is 0 Å². The highest BCUT2D eigenvalue weighted by atomic mass is 35.5. The lowest BCUT2D eigenvalue weighted by molar-refractivity contribution is 0.202. The number of nitrogens with zero attached hydrogens (tertiary/aromatic N) is 1. The molecule has 1 aliphatic rings. The van der Waals surface area contributed by atoms with E-state index < -0.39 is 13.2 Å². The molecule has 0 aromatic carbocycles. The van der Waals surface area contributed by atoms with Gasteiger partial charge in [-0.15, -0.1) is 23.2 Å². The van der Waals surface area contributed by atoms with E-state index in [2.05, 4.69) is 5.32 Å². The third-order valence-electron chi connectivity index (χ3n) is 2.17. The van der Waals surface area contributed by atoms with Gasteiger partial charge in [-0.2, -0.15) is 0 Å². The highest BCUT2D eigenvalue weighted by Crippen LogP contribution is 2.53. The van der Waals surface area contributed by atoms with Gasteiger partial charge in [-0.05, 0) is 6.42 Å². The molecule has 1 fully saturated rings. The summed E-state index contributed by atoms with van der Waals surface area (Å²) >= 11 is 11.0. The highest BCUT2D eigenvalue weighted by Gasteiger charge is 2.41. The summed E-state index contributed by atoms with van der Waals surface area (Å²) in [6, 6.07) is 0. The van der Waals surface area contributed by atoms with Gasteiger partial charge in [-0.25, -0.2) is 4.67 Å². The van der Waals surface area contributed by atoms with Gasteiger partial charge in [-0.1, -0.05) is 0 Å². The molecule has 1 aliphatic heterocycles. The van der Waals surface area contributed by atoms with Crippen molar-refractivity contribution in [2.45, 2.75) is 6.42 Å². The maximum absolute atomic E-state index is 12.4. The zero-order valence-corrected chi connectivity index (χ0v) is 11.2. The van der Waals surface area contributed by atoms with E-state index in [1.165, 1.54) is 4.67 Å². The molecule has 5 nitrogen and oxygen atoms in total. The lowest BCUT2D eigenvalue weighted by Gasteiger charge is -2.33.